The Morgan fingerprint density at radius 3 is 2.44 bits per heavy atom. The van der Waals surface area contributed by atoms with Crippen LogP contribution in [0.1, 0.15) is 63.7 Å². The number of rotatable bonds is 12. The second kappa shape index (κ2) is 14.3. The maximum atomic E-state index is 5.24. The molecule has 0 saturated heterocycles. The number of aromatic nitrogens is 3. The molecule has 2 N–H and O–H groups in total. The molecule has 32 heavy (non-hydrogen) atoms. The molecule has 1 heterocycles. The molecule has 0 aliphatic carbocycles. The van der Waals surface area contributed by atoms with Crippen molar-refractivity contribution < 1.29 is 4.74 Å². The molecule has 0 atom stereocenters. The summed E-state index contributed by atoms with van der Waals surface area (Å²) in [5.41, 5.74) is 1.48. The van der Waals surface area contributed by atoms with E-state index in [1.54, 1.807) is 7.11 Å². The van der Waals surface area contributed by atoms with Gasteiger partial charge in [-0.1, -0.05) is 52.2 Å². The van der Waals surface area contributed by atoms with Gasteiger partial charge in [-0.3, -0.25) is 0 Å². The quantitative estimate of drug-likeness (QED) is 0.173. The highest BCUT2D eigenvalue weighted by molar-refractivity contribution is 14.0. The summed E-state index contributed by atoms with van der Waals surface area (Å²) in [5.74, 6) is 3.45. The highest BCUT2D eigenvalue weighted by atomic mass is 127. The summed E-state index contributed by atoms with van der Waals surface area (Å²) >= 11 is 0. The Morgan fingerprint density at radius 2 is 1.84 bits per heavy atom. The van der Waals surface area contributed by atoms with Crippen molar-refractivity contribution in [2.24, 2.45) is 17.5 Å². The average molecular weight is 557 g/mol. The van der Waals surface area contributed by atoms with Gasteiger partial charge in [-0.15, -0.1) is 34.2 Å². The predicted molar refractivity (Wildman–Crippen MR) is 143 cm³/mol. The topological polar surface area (TPSA) is 76.4 Å². The van der Waals surface area contributed by atoms with Crippen LogP contribution in [0.15, 0.2) is 29.3 Å². The van der Waals surface area contributed by atoms with Crippen LogP contribution in [0, 0.1) is 12.3 Å². The van der Waals surface area contributed by atoms with E-state index < -0.39 is 0 Å². The molecule has 0 radical (unpaired) electrons. The van der Waals surface area contributed by atoms with E-state index >= 15 is 0 Å². The number of aryl methyl sites for hydroxylation is 1. The number of halogens is 1. The molecule has 180 valence electrons. The Labute approximate surface area is 210 Å². The molecule has 0 saturated carbocycles. The van der Waals surface area contributed by atoms with Crippen LogP contribution in [0.2, 0.25) is 0 Å². The fraction of sp³-hybridized carbons (Fsp3) is 0.625. The lowest BCUT2D eigenvalue weighted by Gasteiger charge is -2.26. The third-order valence-corrected chi connectivity index (χ3v) is 5.62. The largest absolute Gasteiger partial charge is 0.497 e. The van der Waals surface area contributed by atoms with Crippen molar-refractivity contribution in [3.63, 3.8) is 0 Å². The first-order chi connectivity index (χ1) is 14.8. The molecule has 1 aromatic carbocycles. The molecular formula is C24H41IN6O. The van der Waals surface area contributed by atoms with Gasteiger partial charge >= 0.3 is 0 Å². The summed E-state index contributed by atoms with van der Waals surface area (Å²) in [5, 5.41) is 15.4. The third-order valence-electron chi connectivity index (χ3n) is 5.62. The Kier molecular flexibility index (Phi) is 12.6. The minimum Gasteiger partial charge on any atom is -0.497 e. The van der Waals surface area contributed by atoms with Crippen LogP contribution < -0.4 is 15.4 Å². The number of hydrogen-bond acceptors (Lipinski definition) is 4. The maximum Gasteiger partial charge on any atom is 0.191 e. The zero-order valence-electron chi connectivity index (χ0n) is 20.6. The Balaban J connectivity index is 0.00000512. The van der Waals surface area contributed by atoms with Gasteiger partial charge in [0.15, 0.2) is 11.8 Å². The van der Waals surface area contributed by atoms with Crippen LogP contribution >= 0.6 is 24.0 Å². The van der Waals surface area contributed by atoms with Crippen LogP contribution in [0.3, 0.4) is 0 Å². The van der Waals surface area contributed by atoms with Gasteiger partial charge in [0.1, 0.15) is 18.1 Å². The standard InChI is InChI=1S/C24H40N6O.HI/c1-7-8-9-15-24(3,4)18-27-23(26-17-22-29-28-19(2)30(22)5)25-16-14-20-10-12-21(31-6)13-11-20;/h10-13H,7-9,14-18H2,1-6H3,(H2,25,26,27);1H. The van der Waals surface area contributed by atoms with Gasteiger partial charge in [-0.05, 0) is 42.9 Å². The summed E-state index contributed by atoms with van der Waals surface area (Å²) in [7, 11) is 3.66. The number of benzene rings is 1. The highest BCUT2D eigenvalue weighted by Crippen LogP contribution is 2.22. The minimum atomic E-state index is 0. The first kappa shape index (κ1) is 28.2. The molecule has 2 aromatic rings. The van der Waals surface area contributed by atoms with E-state index in [0.29, 0.717) is 6.54 Å². The van der Waals surface area contributed by atoms with Gasteiger partial charge in [0.05, 0.1) is 7.11 Å². The highest BCUT2D eigenvalue weighted by Gasteiger charge is 2.18. The van der Waals surface area contributed by atoms with Gasteiger partial charge in [-0.25, -0.2) is 4.99 Å². The Hall–Kier alpha value is -1.84. The molecule has 0 fully saturated rings. The van der Waals surface area contributed by atoms with Crippen LogP contribution in [-0.4, -0.2) is 40.9 Å². The molecule has 0 aliphatic heterocycles. The van der Waals surface area contributed by atoms with Crippen molar-refractivity contribution in [2.45, 2.75) is 66.3 Å². The predicted octanol–water partition coefficient (Wildman–Crippen LogP) is 4.63. The molecule has 7 nitrogen and oxygen atoms in total. The monoisotopic (exact) mass is 556 g/mol. The van der Waals surface area contributed by atoms with Gasteiger partial charge in [-0.2, -0.15) is 0 Å². The maximum absolute atomic E-state index is 5.24. The molecule has 0 bridgehead atoms. The summed E-state index contributed by atoms with van der Waals surface area (Å²) in [6.07, 6.45) is 5.92. The lowest BCUT2D eigenvalue weighted by molar-refractivity contribution is 0.318. The van der Waals surface area contributed by atoms with Crippen LogP contribution in [0.4, 0.5) is 0 Å². The van der Waals surface area contributed by atoms with Crippen molar-refractivity contribution in [3.05, 3.63) is 41.5 Å². The summed E-state index contributed by atoms with van der Waals surface area (Å²) in [4.78, 5) is 4.78. The van der Waals surface area contributed by atoms with E-state index in [1.807, 2.05) is 30.7 Å². The summed E-state index contributed by atoms with van der Waals surface area (Å²) in [6, 6.07) is 8.20. The number of methoxy groups -OCH3 is 1. The lowest BCUT2D eigenvalue weighted by atomic mass is 9.87. The molecule has 2 rings (SSSR count). The number of ether oxygens (including phenoxy) is 1. The second-order valence-electron chi connectivity index (χ2n) is 8.89. The van der Waals surface area contributed by atoms with E-state index in [9.17, 15) is 0 Å². The van der Waals surface area contributed by atoms with Crippen molar-refractivity contribution in [1.29, 1.82) is 0 Å². The fourth-order valence-electron chi connectivity index (χ4n) is 3.30. The van der Waals surface area contributed by atoms with Crippen molar-refractivity contribution >= 4 is 29.9 Å². The van der Waals surface area contributed by atoms with Gasteiger partial charge in [0.25, 0.3) is 0 Å². The van der Waals surface area contributed by atoms with Crippen LogP contribution in [0.5, 0.6) is 5.75 Å². The van der Waals surface area contributed by atoms with E-state index in [4.69, 9.17) is 9.73 Å². The Morgan fingerprint density at radius 1 is 1.12 bits per heavy atom. The summed E-state index contributed by atoms with van der Waals surface area (Å²) < 4.78 is 7.22. The van der Waals surface area contributed by atoms with Gasteiger partial charge < -0.3 is 19.9 Å². The lowest BCUT2D eigenvalue weighted by Crippen LogP contribution is -2.43. The number of aliphatic imine (C=N–C) groups is 1. The first-order valence-electron chi connectivity index (χ1n) is 11.3. The molecule has 0 unspecified atom stereocenters. The van der Waals surface area contributed by atoms with Crippen LogP contribution in [-0.2, 0) is 20.0 Å². The van der Waals surface area contributed by atoms with Gasteiger partial charge in [0.2, 0.25) is 0 Å². The minimum absolute atomic E-state index is 0. The number of guanidine groups is 1. The van der Waals surface area contributed by atoms with E-state index in [-0.39, 0.29) is 29.4 Å². The molecule has 1 aromatic heterocycles. The van der Waals surface area contributed by atoms with Gasteiger partial charge in [0, 0.05) is 20.1 Å². The molecule has 0 aliphatic rings. The van der Waals surface area contributed by atoms with E-state index in [2.05, 4.69) is 53.7 Å². The van der Waals surface area contributed by atoms with Crippen molar-refractivity contribution in [2.75, 3.05) is 20.2 Å². The summed E-state index contributed by atoms with van der Waals surface area (Å²) in [6.45, 7) is 11.0. The molecule has 8 heteroatoms. The second-order valence-corrected chi connectivity index (χ2v) is 8.89. The van der Waals surface area contributed by atoms with Crippen molar-refractivity contribution in [1.82, 2.24) is 25.4 Å². The zero-order chi connectivity index (χ0) is 22.7. The van der Waals surface area contributed by atoms with E-state index in [1.165, 1.54) is 31.2 Å². The zero-order valence-corrected chi connectivity index (χ0v) is 22.9. The van der Waals surface area contributed by atoms with Crippen molar-refractivity contribution in [3.8, 4) is 5.75 Å². The SMILES string of the molecule is CCCCCC(C)(C)CNC(=NCc1nnc(C)n1C)NCCc1ccc(OC)cc1.I. The number of nitrogens with zero attached hydrogens (tertiary/aromatic N) is 4. The third kappa shape index (κ3) is 9.75. The van der Waals surface area contributed by atoms with Crippen LogP contribution in [0.25, 0.3) is 0 Å². The normalized spacial score (nSPS) is 11.8. The molecule has 0 spiro atoms. The molecule has 0 amide bonds. The number of hydrogen-bond donors (Lipinski definition) is 2. The van der Waals surface area contributed by atoms with E-state index in [0.717, 1.165) is 42.9 Å². The molecular weight excluding hydrogens is 515 g/mol. The number of nitrogens with one attached hydrogen (secondary N) is 2. The number of unbranched alkanes of at least 4 members (excludes halogenated alkanes) is 2. The smallest absolute Gasteiger partial charge is 0.191 e. The average Bonchev–Trinajstić information content (AvgIpc) is 3.08. The first-order valence-corrected chi connectivity index (χ1v) is 11.3. The Bertz CT molecular complexity index is 816. The fourth-order valence-corrected chi connectivity index (χ4v) is 3.30.